The zero-order chi connectivity index (χ0) is 17.1. The van der Waals surface area contributed by atoms with Crippen LogP contribution < -0.4 is 4.90 Å². The Kier molecular flexibility index (Phi) is 4.61. The summed E-state index contributed by atoms with van der Waals surface area (Å²) >= 11 is 0. The van der Waals surface area contributed by atoms with Crippen LogP contribution in [0, 0.1) is 0 Å². The molecule has 1 aliphatic rings. The Bertz CT molecular complexity index is 708. The van der Waals surface area contributed by atoms with Crippen molar-refractivity contribution in [2.24, 2.45) is 0 Å². The van der Waals surface area contributed by atoms with Gasteiger partial charge in [-0.05, 0) is 18.6 Å². The molecule has 0 spiro atoms. The minimum atomic E-state index is -0.920. The van der Waals surface area contributed by atoms with E-state index in [-0.39, 0.29) is 6.04 Å². The first-order valence-corrected chi connectivity index (χ1v) is 7.86. The third kappa shape index (κ3) is 3.30. The smallest absolute Gasteiger partial charge is 0.407 e. The molecule has 0 radical (unpaired) electrons. The first-order valence-electron chi connectivity index (χ1n) is 7.86. The lowest BCUT2D eigenvalue weighted by Gasteiger charge is -2.40. The molecule has 1 aromatic heterocycles. The van der Waals surface area contributed by atoms with Crippen molar-refractivity contribution in [2.45, 2.75) is 19.1 Å². The third-order valence-corrected chi connectivity index (χ3v) is 4.17. The van der Waals surface area contributed by atoms with Gasteiger partial charge in [-0.15, -0.1) is 0 Å². The Hall–Kier alpha value is -2.67. The van der Waals surface area contributed by atoms with Gasteiger partial charge in [-0.1, -0.05) is 30.3 Å². The van der Waals surface area contributed by atoms with Crippen LogP contribution in [0.25, 0.3) is 0 Å². The Labute approximate surface area is 140 Å². The van der Waals surface area contributed by atoms with Crippen LogP contribution in [0.5, 0.6) is 0 Å². The lowest BCUT2D eigenvalue weighted by atomic mass is 10.0. The molecule has 2 N–H and O–H groups in total. The molecule has 2 heterocycles. The van der Waals surface area contributed by atoms with Gasteiger partial charge in [-0.2, -0.15) is 0 Å². The lowest BCUT2D eigenvalue weighted by molar-refractivity contribution is 0.118. The topological polar surface area (TPSA) is 89.8 Å². The van der Waals surface area contributed by atoms with Gasteiger partial charge in [-0.25, -0.2) is 14.8 Å². The zero-order valence-corrected chi connectivity index (χ0v) is 13.4. The number of carbonyl (C=O) groups is 1. The predicted octanol–water partition coefficient (Wildman–Crippen LogP) is 2.07. The predicted molar refractivity (Wildman–Crippen MR) is 88.8 cm³/mol. The largest absolute Gasteiger partial charge is 0.465 e. The fourth-order valence-electron chi connectivity index (χ4n) is 2.92. The Balaban J connectivity index is 1.88. The highest BCUT2D eigenvalue weighted by atomic mass is 16.4. The Morgan fingerprint density at radius 2 is 2.00 bits per heavy atom. The fourth-order valence-corrected chi connectivity index (χ4v) is 2.92. The van der Waals surface area contributed by atoms with Crippen LogP contribution in [0.2, 0.25) is 0 Å². The van der Waals surface area contributed by atoms with Crippen LogP contribution in [-0.4, -0.2) is 50.8 Å². The van der Waals surface area contributed by atoms with Gasteiger partial charge < -0.3 is 15.1 Å². The van der Waals surface area contributed by atoms with Crippen LogP contribution in [0.3, 0.4) is 0 Å². The van der Waals surface area contributed by atoms with Crippen molar-refractivity contribution >= 4 is 11.9 Å². The number of nitrogens with zero attached hydrogens (tertiary/aromatic N) is 4. The molecule has 1 aliphatic heterocycles. The van der Waals surface area contributed by atoms with Crippen LogP contribution in [-0.2, 0) is 0 Å². The SMILES string of the molecule is C[C@@H](O)c1nccc(N2CCN(C(=O)O)[C@H](c3ccccc3)C2)n1. The van der Waals surface area contributed by atoms with Crippen molar-refractivity contribution in [2.75, 3.05) is 24.5 Å². The summed E-state index contributed by atoms with van der Waals surface area (Å²) in [6.45, 7) is 3.07. The molecule has 2 atom stereocenters. The zero-order valence-electron chi connectivity index (χ0n) is 13.4. The summed E-state index contributed by atoms with van der Waals surface area (Å²) in [6, 6.07) is 11.1. The number of piperazine rings is 1. The summed E-state index contributed by atoms with van der Waals surface area (Å²) in [7, 11) is 0. The number of amides is 1. The van der Waals surface area contributed by atoms with Gasteiger partial charge in [0.05, 0.1) is 6.04 Å². The summed E-state index contributed by atoms with van der Waals surface area (Å²) in [5.74, 6) is 1.07. The van der Waals surface area contributed by atoms with Crippen LogP contribution in [0.1, 0.15) is 30.5 Å². The van der Waals surface area contributed by atoms with Crippen LogP contribution >= 0.6 is 0 Å². The maximum absolute atomic E-state index is 11.6. The second-order valence-electron chi connectivity index (χ2n) is 5.80. The summed E-state index contributed by atoms with van der Waals surface area (Å²) in [5, 5.41) is 19.2. The van der Waals surface area contributed by atoms with Crippen LogP contribution in [0.15, 0.2) is 42.6 Å². The van der Waals surface area contributed by atoms with Gasteiger partial charge >= 0.3 is 6.09 Å². The molecule has 7 nitrogen and oxygen atoms in total. The summed E-state index contributed by atoms with van der Waals surface area (Å²) < 4.78 is 0. The molecule has 0 aliphatic carbocycles. The minimum absolute atomic E-state index is 0.262. The number of aromatic nitrogens is 2. The second kappa shape index (κ2) is 6.84. The van der Waals surface area contributed by atoms with Gasteiger partial charge in [0.25, 0.3) is 0 Å². The van der Waals surface area contributed by atoms with Gasteiger partial charge in [0.1, 0.15) is 11.9 Å². The van der Waals surface area contributed by atoms with Crippen molar-refractivity contribution in [3.05, 3.63) is 54.0 Å². The van der Waals surface area contributed by atoms with E-state index in [9.17, 15) is 15.0 Å². The maximum Gasteiger partial charge on any atom is 0.407 e. The van der Waals surface area contributed by atoms with E-state index < -0.39 is 12.2 Å². The number of carboxylic acid groups (broad SMARTS) is 1. The molecule has 1 aromatic carbocycles. The lowest BCUT2D eigenvalue weighted by Crippen LogP contribution is -2.50. The molecule has 0 bridgehead atoms. The van der Waals surface area contributed by atoms with Crippen LogP contribution in [0.4, 0.5) is 10.6 Å². The van der Waals surface area contributed by atoms with Crippen molar-refractivity contribution in [1.29, 1.82) is 0 Å². The molecule has 1 fully saturated rings. The molecular formula is C17H20N4O3. The van der Waals surface area contributed by atoms with E-state index in [1.165, 1.54) is 4.90 Å². The molecule has 1 saturated heterocycles. The van der Waals surface area contributed by atoms with E-state index in [4.69, 9.17) is 0 Å². The van der Waals surface area contributed by atoms with Gasteiger partial charge in [0.2, 0.25) is 0 Å². The Morgan fingerprint density at radius 1 is 1.25 bits per heavy atom. The Morgan fingerprint density at radius 3 is 2.67 bits per heavy atom. The molecule has 1 amide bonds. The van der Waals surface area contributed by atoms with Gasteiger partial charge in [0.15, 0.2) is 5.82 Å². The van der Waals surface area contributed by atoms with E-state index in [1.807, 2.05) is 35.2 Å². The molecule has 2 aromatic rings. The van der Waals surface area contributed by atoms with E-state index >= 15 is 0 Å². The third-order valence-electron chi connectivity index (χ3n) is 4.17. The first kappa shape index (κ1) is 16.2. The fraction of sp³-hybridized carbons (Fsp3) is 0.353. The number of aliphatic hydroxyl groups excluding tert-OH is 1. The van der Waals surface area contributed by atoms with Crippen molar-refractivity contribution in [3.63, 3.8) is 0 Å². The number of hydrogen-bond donors (Lipinski definition) is 2. The molecular weight excluding hydrogens is 308 g/mol. The number of benzene rings is 1. The molecule has 0 saturated carbocycles. The van der Waals surface area contributed by atoms with Gasteiger partial charge in [-0.3, -0.25) is 4.90 Å². The van der Waals surface area contributed by atoms with Crippen molar-refractivity contribution in [3.8, 4) is 0 Å². The van der Waals surface area contributed by atoms with E-state index in [1.54, 1.807) is 19.2 Å². The number of rotatable bonds is 3. The normalized spacial score (nSPS) is 19.2. The monoisotopic (exact) mass is 328 g/mol. The van der Waals surface area contributed by atoms with E-state index in [0.29, 0.717) is 31.3 Å². The summed E-state index contributed by atoms with van der Waals surface area (Å²) in [5.41, 5.74) is 0.953. The average Bonchev–Trinajstić information content (AvgIpc) is 2.62. The van der Waals surface area contributed by atoms with E-state index in [2.05, 4.69) is 9.97 Å². The molecule has 7 heteroatoms. The number of aliphatic hydroxyl groups is 1. The molecule has 0 unspecified atom stereocenters. The highest BCUT2D eigenvalue weighted by molar-refractivity contribution is 5.66. The maximum atomic E-state index is 11.6. The summed E-state index contributed by atoms with van der Waals surface area (Å²) in [4.78, 5) is 23.5. The second-order valence-corrected chi connectivity index (χ2v) is 5.80. The van der Waals surface area contributed by atoms with Crippen molar-refractivity contribution < 1.29 is 15.0 Å². The minimum Gasteiger partial charge on any atom is -0.465 e. The standard InChI is InChI=1S/C17H20N4O3/c1-12(22)16-18-8-7-15(19-16)20-9-10-21(17(23)24)14(11-20)13-5-3-2-4-6-13/h2-8,12,14,22H,9-11H2,1H3,(H,23,24)/t12-,14+/m1/s1. The number of anilines is 1. The summed E-state index contributed by atoms with van der Waals surface area (Å²) in [6.07, 6.45) is -0.0445. The van der Waals surface area contributed by atoms with E-state index in [0.717, 1.165) is 5.56 Å². The average molecular weight is 328 g/mol. The highest BCUT2D eigenvalue weighted by Gasteiger charge is 2.32. The quantitative estimate of drug-likeness (QED) is 0.896. The molecule has 126 valence electrons. The number of hydrogen-bond acceptors (Lipinski definition) is 5. The highest BCUT2D eigenvalue weighted by Crippen LogP contribution is 2.28. The molecule has 3 rings (SSSR count). The molecule has 24 heavy (non-hydrogen) atoms. The van der Waals surface area contributed by atoms with Gasteiger partial charge in [0, 0.05) is 25.8 Å². The van der Waals surface area contributed by atoms with Crippen molar-refractivity contribution in [1.82, 2.24) is 14.9 Å². The first-order chi connectivity index (χ1) is 11.6.